The van der Waals surface area contributed by atoms with Crippen molar-refractivity contribution in [1.29, 1.82) is 5.41 Å². The molecule has 0 radical (unpaired) electrons. The first-order chi connectivity index (χ1) is 16.0. The Morgan fingerprint density at radius 3 is 2.76 bits per heavy atom. The van der Waals surface area contributed by atoms with E-state index in [1.807, 2.05) is 0 Å². The second kappa shape index (κ2) is 10.2. The summed E-state index contributed by atoms with van der Waals surface area (Å²) in [4.78, 5) is 29.8. The van der Waals surface area contributed by atoms with Crippen molar-refractivity contribution >= 4 is 51.5 Å². The number of fused-ring (bicyclic) bond motifs is 3. The van der Waals surface area contributed by atoms with Crippen LogP contribution in [0.25, 0.3) is 10.2 Å². The number of rotatable bonds is 4. The van der Waals surface area contributed by atoms with Crippen LogP contribution in [0.1, 0.15) is 29.3 Å². The van der Waals surface area contributed by atoms with Crippen LogP contribution in [0.4, 0.5) is 17.3 Å². The van der Waals surface area contributed by atoms with Gasteiger partial charge in [-0.05, 0) is 43.9 Å². The molecule has 33 heavy (non-hydrogen) atoms. The molecule has 3 aromatic rings. The number of nitrogens with zero attached hydrogens (tertiary/aromatic N) is 5. The topological polar surface area (TPSA) is 124 Å². The molecular formula is C23H30N8OS. The van der Waals surface area contributed by atoms with Gasteiger partial charge in [-0.15, -0.1) is 11.3 Å². The van der Waals surface area contributed by atoms with E-state index in [0.29, 0.717) is 17.1 Å². The lowest BCUT2D eigenvalue weighted by Crippen LogP contribution is -2.43. The average molecular weight is 467 g/mol. The summed E-state index contributed by atoms with van der Waals surface area (Å²) in [5.74, 6) is 2.14. The van der Waals surface area contributed by atoms with Gasteiger partial charge in [-0.1, -0.05) is 6.92 Å². The first-order valence-electron chi connectivity index (χ1n) is 11.1. The summed E-state index contributed by atoms with van der Waals surface area (Å²) in [7, 11) is 2.07. The molecule has 174 valence electrons. The smallest absolute Gasteiger partial charge is 0.209 e. The van der Waals surface area contributed by atoms with E-state index in [1.54, 1.807) is 34.8 Å². The van der Waals surface area contributed by atoms with Gasteiger partial charge >= 0.3 is 0 Å². The zero-order valence-electron chi connectivity index (χ0n) is 19.0. The fourth-order valence-corrected chi connectivity index (χ4v) is 5.44. The Hall–Kier alpha value is -3.11. The van der Waals surface area contributed by atoms with E-state index in [-0.39, 0.29) is 0 Å². The number of aryl methyl sites for hydroxylation is 1. The Labute approximate surface area is 197 Å². The van der Waals surface area contributed by atoms with Crippen LogP contribution in [-0.4, -0.2) is 70.6 Å². The molecule has 0 aromatic carbocycles. The summed E-state index contributed by atoms with van der Waals surface area (Å²) >= 11 is 1.77. The van der Waals surface area contributed by atoms with E-state index in [9.17, 15) is 4.79 Å². The quantitative estimate of drug-likeness (QED) is 0.399. The second-order valence-electron chi connectivity index (χ2n) is 8.67. The van der Waals surface area contributed by atoms with Crippen molar-refractivity contribution in [3.63, 3.8) is 0 Å². The Balaban J connectivity index is 0.000000243. The van der Waals surface area contributed by atoms with Crippen molar-refractivity contribution in [3.05, 3.63) is 34.6 Å². The summed E-state index contributed by atoms with van der Waals surface area (Å²) in [5, 5.41) is 11.8. The third kappa shape index (κ3) is 5.28. The molecule has 0 spiro atoms. The number of likely N-dealkylation sites (N-methyl/N-ethyl adjacent to an activating group) is 1. The monoisotopic (exact) mass is 466 g/mol. The van der Waals surface area contributed by atoms with Crippen molar-refractivity contribution in [2.45, 2.75) is 26.2 Å². The third-order valence-corrected chi connectivity index (χ3v) is 7.31. The van der Waals surface area contributed by atoms with Gasteiger partial charge in [-0.3, -0.25) is 4.79 Å². The summed E-state index contributed by atoms with van der Waals surface area (Å²) in [5.41, 5.74) is 8.31. The van der Waals surface area contributed by atoms with Crippen LogP contribution >= 0.6 is 11.3 Å². The summed E-state index contributed by atoms with van der Waals surface area (Å²) in [6, 6.07) is 1.76. The zero-order chi connectivity index (χ0) is 23.4. The highest BCUT2D eigenvalue weighted by atomic mass is 32.1. The lowest BCUT2D eigenvalue weighted by atomic mass is 9.89. The first kappa shape index (κ1) is 23.1. The van der Waals surface area contributed by atoms with Crippen molar-refractivity contribution in [1.82, 2.24) is 24.8 Å². The van der Waals surface area contributed by atoms with Gasteiger partial charge in [0, 0.05) is 42.8 Å². The predicted octanol–water partition coefficient (Wildman–Crippen LogP) is 2.92. The van der Waals surface area contributed by atoms with Crippen LogP contribution in [0.3, 0.4) is 0 Å². The maximum Gasteiger partial charge on any atom is 0.209 e. The maximum absolute atomic E-state index is 10.2. The number of hydrogen-bond acceptors (Lipinski definition) is 9. The highest BCUT2D eigenvalue weighted by Gasteiger charge is 2.23. The Kier molecular flexibility index (Phi) is 7.14. The minimum atomic E-state index is 0.491. The van der Waals surface area contributed by atoms with Gasteiger partial charge in [-0.25, -0.2) is 15.0 Å². The van der Waals surface area contributed by atoms with Crippen molar-refractivity contribution in [2.24, 2.45) is 5.92 Å². The van der Waals surface area contributed by atoms with Crippen LogP contribution in [0.2, 0.25) is 0 Å². The number of aromatic nitrogens is 3. The van der Waals surface area contributed by atoms with Gasteiger partial charge < -0.3 is 26.3 Å². The number of carbonyl (C=O) groups is 1. The van der Waals surface area contributed by atoms with Crippen molar-refractivity contribution in [3.8, 4) is 0 Å². The molecule has 4 heterocycles. The first-order valence-corrected chi connectivity index (χ1v) is 12.0. The molecule has 1 saturated heterocycles. The second-order valence-corrected chi connectivity index (χ2v) is 9.75. The van der Waals surface area contributed by atoms with Gasteiger partial charge in [0.2, 0.25) is 6.41 Å². The fraction of sp³-hybridized carbons (Fsp3) is 0.435. The minimum Gasteiger partial charge on any atom is -0.397 e. The Morgan fingerprint density at radius 1 is 1.24 bits per heavy atom. The van der Waals surface area contributed by atoms with E-state index in [2.05, 4.69) is 39.1 Å². The number of carbonyl (C=O) groups excluding carboxylic acids is 1. The fourth-order valence-electron chi connectivity index (χ4n) is 4.09. The maximum atomic E-state index is 10.2. The van der Waals surface area contributed by atoms with Gasteiger partial charge in [-0.2, -0.15) is 0 Å². The molecule has 2 aliphatic rings. The molecule has 0 saturated carbocycles. The molecular weight excluding hydrogens is 436 g/mol. The lowest BCUT2D eigenvalue weighted by molar-refractivity contribution is -0.119. The minimum absolute atomic E-state index is 0.491. The number of hydrogen-bond donors (Lipinski definition) is 3. The van der Waals surface area contributed by atoms with E-state index in [1.165, 1.54) is 23.1 Å². The number of nitrogen functional groups attached to an aromatic ring is 1. The number of amides is 1. The lowest BCUT2D eigenvalue weighted by Gasteiger charge is -2.29. The number of pyridine rings is 1. The van der Waals surface area contributed by atoms with Crippen molar-refractivity contribution in [2.75, 3.05) is 44.3 Å². The molecule has 3 aromatic heterocycles. The van der Waals surface area contributed by atoms with Crippen LogP contribution in [0.5, 0.6) is 0 Å². The number of piperazine rings is 1. The van der Waals surface area contributed by atoms with Gasteiger partial charge in [0.25, 0.3) is 0 Å². The molecule has 4 N–H and O–H groups in total. The average Bonchev–Trinajstić information content (AvgIpc) is 3.19. The van der Waals surface area contributed by atoms with Crippen LogP contribution in [0, 0.1) is 11.3 Å². The number of thiophene rings is 1. The number of anilines is 3. The van der Waals surface area contributed by atoms with Gasteiger partial charge in [0.05, 0.1) is 17.3 Å². The van der Waals surface area contributed by atoms with E-state index < -0.39 is 0 Å². The molecule has 1 unspecified atom stereocenters. The molecule has 5 rings (SSSR count). The van der Waals surface area contributed by atoms with E-state index >= 15 is 0 Å². The standard InChI is InChI=1S/C17H18N6S.C6H12N2O/c1-9-2-3-11-13(4-9)24-17-15(11)16(21-8-22-17)23-14-5-10(6-18)12(19)7-20-14;1-7-2-4-8(6-9)5-3-7/h5-9,18H,2-4,19H2,1H3,(H,20,21,22,23);6H,2-5H2,1H3. The Bertz CT molecular complexity index is 1140. The molecule has 1 atom stereocenters. The molecule has 1 fully saturated rings. The van der Waals surface area contributed by atoms with Crippen LogP contribution in [0.15, 0.2) is 18.6 Å². The summed E-state index contributed by atoms with van der Waals surface area (Å²) < 4.78 is 0. The SMILES string of the molecule is CC1CCc2c(sc3ncnc(Nc4cc(C=N)c(N)cn4)c23)C1.CN1CCN(C=O)CC1. The largest absolute Gasteiger partial charge is 0.397 e. The van der Waals surface area contributed by atoms with Crippen LogP contribution < -0.4 is 11.1 Å². The molecule has 1 amide bonds. The Morgan fingerprint density at radius 2 is 2.03 bits per heavy atom. The van der Waals surface area contributed by atoms with E-state index in [0.717, 1.165) is 67.4 Å². The number of nitrogens with two attached hydrogens (primary N) is 1. The predicted molar refractivity (Wildman–Crippen MR) is 134 cm³/mol. The van der Waals surface area contributed by atoms with Crippen LogP contribution in [-0.2, 0) is 17.6 Å². The number of nitrogens with one attached hydrogen (secondary N) is 2. The van der Waals surface area contributed by atoms with Gasteiger partial charge in [0.1, 0.15) is 22.8 Å². The molecule has 1 aliphatic heterocycles. The van der Waals surface area contributed by atoms with E-state index in [4.69, 9.17) is 11.1 Å². The highest BCUT2D eigenvalue weighted by Crippen LogP contribution is 2.40. The molecule has 10 heteroatoms. The molecule has 1 aliphatic carbocycles. The van der Waals surface area contributed by atoms with Gasteiger partial charge in [0.15, 0.2) is 0 Å². The molecule has 0 bridgehead atoms. The normalized spacial score (nSPS) is 18.2. The highest BCUT2D eigenvalue weighted by molar-refractivity contribution is 7.19. The molecule has 9 nitrogen and oxygen atoms in total. The third-order valence-electron chi connectivity index (χ3n) is 6.15. The van der Waals surface area contributed by atoms with Crippen molar-refractivity contribution < 1.29 is 4.79 Å². The summed E-state index contributed by atoms with van der Waals surface area (Å²) in [6.07, 6.45) is 8.69. The summed E-state index contributed by atoms with van der Waals surface area (Å²) in [6.45, 7) is 6.10. The zero-order valence-corrected chi connectivity index (χ0v) is 19.9.